The van der Waals surface area contributed by atoms with Gasteiger partial charge in [0.25, 0.3) is 5.69 Å². The molecule has 23 heavy (non-hydrogen) atoms. The highest BCUT2D eigenvalue weighted by atomic mass is 32.2. The Kier molecular flexibility index (Phi) is 4.97. The largest absolute Gasteiger partial charge is 0.284 e. The summed E-state index contributed by atoms with van der Waals surface area (Å²) in [5, 5.41) is 22.8. The molecule has 0 saturated carbocycles. The summed E-state index contributed by atoms with van der Waals surface area (Å²) in [4.78, 5) is 10.7. The normalized spacial score (nSPS) is 11.8. The average Bonchev–Trinajstić information content (AvgIpc) is 2.95. The fraction of sp³-hybridized carbons (Fsp3) is 0.364. The molecule has 124 valence electrons. The van der Waals surface area contributed by atoms with Gasteiger partial charge in [0.05, 0.1) is 20.8 Å². The molecule has 0 aliphatic carbocycles. The molecule has 0 radical (unpaired) electrons. The topological polar surface area (TPSA) is 133 Å². The molecule has 0 atom stereocenters. The predicted octanol–water partition coefficient (Wildman–Crippen LogP) is 1.22. The van der Waals surface area contributed by atoms with E-state index in [1.165, 1.54) is 23.9 Å². The number of nitro groups is 1. The summed E-state index contributed by atoms with van der Waals surface area (Å²) in [7, 11) is -2.53. The average molecular weight is 358 g/mol. The summed E-state index contributed by atoms with van der Waals surface area (Å²) in [5.74, 6) is 0. The highest BCUT2D eigenvalue weighted by molar-refractivity contribution is 7.99. The van der Waals surface area contributed by atoms with Gasteiger partial charge in [0.2, 0.25) is 15.2 Å². The van der Waals surface area contributed by atoms with E-state index < -0.39 is 14.9 Å². The first kappa shape index (κ1) is 17.3. The monoisotopic (exact) mass is 358 g/mol. The number of nitrogens with zero attached hydrogens (tertiary/aromatic N) is 5. The molecule has 2 aromatic rings. The molecule has 2 rings (SSSR count). The van der Waals surface area contributed by atoms with Crippen molar-refractivity contribution >= 4 is 27.5 Å². The predicted molar refractivity (Wildman–Crippen MR) is 81.7 cm³/mol. The van der Waals surface area contributed by atoms with Gasteiger partial charge in [0.1, 0.15) is 0 Å². The van der Waals surface area contributed by atoms with Crippen molar-refractivity contribution in [3.8, 4) is 0 Å². The van der Waals surface area contributed by atoms with Gasteiger partial charge in [0.15, 0.2) is 0 Å². The van der Waals surface area contributed by atoms with Gasteiger partial charge in [-0.1, -0.05) is 0 Å². The molecule has 1 N–H and O–H groups in total. The first-order chi connectivity index (χ1) is 10.8. The zero-order valence-electron chi connectivity index (χ0n) is 12.5. The maximum Gasteiger partial charge on any atom is 0.284 e. The molecule has 12 heteroatoms. The van der Waals surface area contributed by atoms with Crippen LogP contribution < -0.4 is 4.72 Å². The van der Waals surface area contributed by atoms with E-state index in [0.29, 0.717) is 5.16 Å². The van der Waals surface area contributed by atoms with Crippen molar-refractivity contribution in [1.82, 2.24) is 24.9 Å². The lowest BCUT2D eigenvalue weighted by atomic mass is 10.3. The zero-order chi connectivity index (χ0) is 17.2. The van der Waals surface area contributed by atoms with Crippen molar-refractivity contribution in [2.45, 2.75) is 34.8 Å². The first-order valence-electron chi connectivity index (χ1n) is 6.44. The van der Waals surface area contributed by atoms with Crippen molar-refractivity contribution in [3.05, 3.63) is 28.3 Å². The van der Waals surface area contributed by atoms with Gasteiger partial charge >= 0.3 is 0 Å². The quantitative estimate of drug-likeness (QED) is 0.602. The lowest BCUT2D eigenvalue weighted by Gasteiger charge is -2.08. The molecule has 0 bridgehead atoms. The molecule has 0 fully saturated rings. The fourth-order valence-corrected chi connectivity index (χ4v) is 3.42. The minimum atomic E-state index is -3.76. The molecule has 1 aromatic heterocycles. The minimum absolute atomic E-state index is 0.0181. The first-order valence-corrected chi connectivity index (χ1v) is 8.74. The third-order valence-electron chi connectivity index (χ3n) is 2.86. The lowest BCUT2D eigenvalue weighted by Crippen LogP contribution is -2.18. The second-order valence-corrected chi connectivity index (χ2v) is 7.59. The van der Waals surface area contributed by atoms with E-state index in [0.717, 1.165) is 17.8 Å². The third-order valence-corrected chi connectivity index (χ3v) is 5.29. The molecular formula is C11H14N6O4S2. The van der Waals surface area contributed by atoms with Crippen LogP contribution in [0.25, 0.3) is 0 Å². The van der Waals surface area contributed by atoms with Gasteiger partial charge in [-0.2, -0.15) is 0 Å². The Bertz CT molecular complexity index is 833. The van der Waals surface area contributed by atoms with Gasteiger partial charge < -0.3 is 0 Å². The number of sulfonamides is 1. The van der Waals surface area contributed by atoms with E-state index in [1.54, 1.807) is 0 Å². The number of tetrazole rings is 1. The molecule has 0 aliphatic heterocycles. The Labute approximate surface area is 136 Å². The molecule has 0 saturated heterocycles. The van der Waals surface area contributed by atoms with Crippen LogP contribution in [0.15, 0.2) is 33.1 Å². The van der Waals surface area contributed by atoms with Crippen molar-refractivity contribution < 1.29 is 13.3 Å². The van der Waals surface area contributed by atoms with Crippen LogP contribution in [0.3, 0.4) is 0 Å². The van der Waals surface area contributed by atoms with Crippen LogP contribution in [-0.4, -0.2) is 40.6 Å². The summed E-state index contributed by atoms with van der Waals surface area (Å²) in [6.07, 6.45) is 0. The number of nitro benzene ring substituents is 1. The number of hydrogen-bond acceptors (Lipinski definition) is 8. The second-order valence-electron chi connectivity index (χ2n) is 4.70. The Morgan fingerprint density at radius 1 is 1.39 bits per heavy atom. The summed E-state index contributed by atoms with van der Waals surface area (Å²) in [5.41, 5.74) is -0.329. The zero-order valence-corrected chi connectivity index (χ0v) is 14.1. The van der Waals surface area contributed by atoms with Crippen LogP contribution in [0.2, 0.25) is 0 Å². The van der Waals surface area contributed by atoms with Gasteiger partial charge in [-0.3, -0.25) is 10.1 Å². The number of rotatable bonds is 6. The van der Waals surface area contributed by atoms with Gasteiger partial charge in [-0.05, 0) is 55.2 Å². The maximum absolute atomic E-state index is 11.8. The highest BCUT2D eigenvalue weighted by Gasteiger charge is 2.23. The number of benzene rings is 1. The molecule has 1 heterocycles. The van der Waals surface area contributed by atoms with Crippen LogP contribution in [0.4, 0.5) is 5.69 Å². The maximum atomic E-state index is 11.8. The molecule has 0 unspecified atom stereocenters. The Balaban J connectivity index is 2.47. The van der Waals surface area contributed by atoms with Gasteiger partial charge in [-0.15, -0.1) is 5.10 Å². The van der Waals surface area contributed by atoms with E-state index in [4.69, 9.17) is 0 Å². The molecule has 0 aliphatic rings. The molecule has 10 nitrogen and oxygen atoms in total. The van der Waals surface area contributed by atoms with E-state index in [2.05, 4.69) is 20.2 Å². The summed E-state index contributed by atoms with van der Waals surface area (Å²) < 4.78 is 27.2. The van der Waals surface area contributed by atoms with E-state index >= 15 is 0 Å². The standard InChI is InChI=1S/C11H14N6O4S2/c1-7(2)16-11(13-14-15-16)22-10-5-4-8(23(20,21)12-3)6-9(10)17(18)19/h4-7,12H,1-3H3. The van der Waals surface area contributed by atoms with Crippen LogP contribution in [-0.2, 0) is 10.0 Å². The lowest BCUT2D eigenvalue weighted by molar-refractivity contribution is -0.388. The molecule has 0 spiro atoms. The van der Waals surface area contributed by atoms with Gasteiger partial charge in [0, 0.05) is 6.07 Å². The third kappa shape index (κ3) is 3.65. The highest BCUT2D eigenvalue weighted by Crippen LogP contribution is 2.35. The van der Waals surface area contributed by atoms with Crippen LogP contribution >= 0.6 is 11.8 Å². The number of nitrogens with one attached hydrogen (secondary N) is 1. The van der Waals surface area contributed by atoms with Crippen LogP contribution in [0.1, 0.15) is 19.9 Å². The Morgan fingerprint density at radius 3 is 2.65 bits per heavy atom. The van der Waals surface area contributed by atoms with Crippen LogP contribution in [0, 0.1) is 10.1 Å². The number of aromatic nitrogens is 4. The Morgan fingerprint density at radius 2 is 2.09 bits per heavy atom. The summed E-state index contributed by atoms with van der Waals surface area (Å²) in [6, 6.07) is 3.66. The number of hydrogen-bond donors (Lipinski definition) is 1. The van der Waals surface area contributed by atoms with Crippen molar-refractivity contribution in [2.75, 3.05) is 7.05 Å². The van der Waals surface area contributed by atoms with E-state index in [1.807, 2.05) is 13.8 Å². The van der Waals surface area contributed by atoms with Crippen LogP contribution in [0.5, 0.6) is 0 Å². The van der Waals surface area contributed by atoms with Crippen molar-refractivity contribution in [2.24, 2.45) is 0 Å². The second kappa shape index (κ2) is 6.60. The SMILES string of the molecule is CNS(=O)(=O)c1ccc(Sc2nnnn2C(C)C)c([N+](=O)[O-])c1. The van der Waals surface area contributed by atoms with Gasteiger partial charge in [-0.25, -0.2) is 17.8 Å². The summed E-state index contributed by atoms with van der Waals surface area (Å²) in [6.45, 7) is 3.74. The van der Waals surface area contributed by atoms with E-state index in [-0.39, 0.29) is 21.5 Å². The molecule has 1 aromatic carbocycles. The summed E-state index contributed by atoms with van der Waals surface area (Å²) >= 11 is 1.00. The van der Waals surface area contributed by atoms with Crippen molar-refractivity contribution in [3.63, 3.8) is 0 Å². The van der Waals surface area contributed by atoms with Crippen molar-refractivity contribution in [1.29, 1.82) is 0 Å². The van der Waals surface area contributed by atoms with E-state index in [9.17, 15) is 18.5 Å². The minimum Gasteiger partial charge on any atom is -0.258 e. The Hall–Kier alpha value is -2.05. The molecular weight excluding hydrogens is 344 g/mol. The smallest absolute Gasteiger partial charge is 0.258 e. The fourth-order valence-electron chi connectivity index (χ4n) is 1.69. The molecule has 0 amide bonds.